The van der Waals surface area contributed by atoms with Gasteiger partial charge in [0.25, 0.3) is 0 Å². The van der Waals surface area contributed by atoms with E-state index in [2.05, 4.69) is 5.32 Å². The van der Waals surface area contributed by atoms with Crippen LogP contribution in [0.15, 0.2) is 60.7 Å². The maximum atomic E-state index is 13.8. The molecular weight excluding hydrogens is 560 g/mol. The van der Waals surface area contributed by atoms with Gasteiger partial charge in [0.1, 0.15) is 0 Å². The van der Waals surface area contributed by atoms with Gasteiger partial charge < -0.3 is 29.4 Å². The van der Waals surface area contributed by atoms with Gasteiger partial charge in [-0.2, -0.15) is 0 Å². The van der Waals surface area contributed by atoms with Crippen LogP contribution in [0, 0.1) is 11.8 Å². The molecule has 3 atom stereocenters. The standard InChI is InChI=1S/C27H17Cl2NO8.Na/c28-16-7-5-12(9-17(16)29)22-20(25(33)30-13-6-8-18-19(10-13)37-11-36-18)21(26(34)35)27(38-22)23(31)14-3-1-2-4-15(14)24(27)32;/h1-10,20-22H,11H2,(H,30,33)(H,34,35);/q;+1/p-1/t20-,21+,22?;/m0./s1. The molecule has 0 radical (unpaired) electrons. The monoisotopic (exact) mass is 575 g/mol. The zero-order valence-corrected chi connectivity index (χ0v) is 23.7. The topological polar surface area (TPSA) is 131 Å². The largest absolute Gasteiger partial charge is 1.00 e. The Labute approximate surface area is 253 Å². The first-order valence-electron chi connectivity index (χ1n) is 11.4. The van der Waals surface area contributed by atoms with Gasteiger partial charge >= 0.3 is 29.6 Å². The Bertz CT molecular complexity index is 1530. The van der Waals surface area contributed by atoms with E-state index in [1.54, 1.807) is 24.3 Å². The number of aliphatic carboxylic acids is 1. The normalized spacial score (nSPS) is 21.9. The summed E-state index contributed by atoms with van der Waals surface area (Å²) in [6.45, 7) is 0.0165. The van der Waals surface area contributed by atoms with E-state index in [1.807, 2.05) is 0 Å². The van der Waals surface area contributed by atoms with Crippen LogP contribution in [-0.2, 0) is 14.3 Å². The molecule has 1 unspecified atom stereocenters. The van der Waals surface area contributed by atoms with Crippen molar-refractivity contribution < 1.29 is 68.1 Å². The van der Waals surface area contributed by atoms with Crippen LogP contribution in [0.5, 0.6) is 11.5 Å². The third-order valence-corrected chi connectivity index (χ3v) is 7.74. The van der Waals surface area contributed by atoms with Gasteiger partial charge in [-0.15, -0.1) is 0 Å². The zero-order chi connectivity index (χ0) is 26.8. The average molecular weight is 576 g/mol. The van der Waals surface area contributed by atoms with Crippen molar-refractivity contribution in [2.24, 2.45) is 11.8 Å². The summed E-state index contributed by atoms with van der Waals surface area (Å²) < 4.78 is 16.7. The van der Waals surface area contributed by atoms with Crippen LogP contribution in [0.2, 0.25) is 10.0 Å². The van der Waals surface area contributed by atoms with Crippen LogP contribution in [0.4, 0.5) is 5.69 Å². The number of halogens is 2. The summed E-state index contributed by atoms with van der Waals surface area (Å²) in [4.78, 5) is 53.7. The number of nitrogens with one attached hydrogen (secondary N) is 1. The van der Waals surface area contributed by atoms with Gasteiger partial charge in [0.2, 0.25) is 29.9 Å². The van der Waals surface area contributed by atoms with E-state index in [0.29, 0.717) is 11.5 Å². The van der Waals surface area contributed by atoms with E-state index in [4.69, 9.17) is 37.4 Å². The van der Waals surface area contributed by atoms with Gasteiger partial charge in [0.05, 0.1) is 28.0 Å². The van der Waals surface area contributed by atoms with E-state index in [0.717, 1.165) is 0 Å². The third-order valence-electron chi connectivity index (χ3n) is 7.00. The van der Waals surface area contributed by atoms with E-state index in [-0.39, 0.29) is 68.8 Å². The summed E-state index contributed by atoms with van der Waals surface area (Å²) in [7, 11) is 0. The molecule has 1 amide bonds. The third kappa shape index (κ3) is 4.25. The van der Waals surface area contributed by atoms with Crippen LogP contribution < -0.4 is 49.5 Å². The summed E-state index contributed by atoms with van der Waals surface area (Å²) >= 11 is 12.3. The summed E-state index contributed by atoms with van der Waals surface area (Å²) in [6, 6.07) is 14.9. The molecule has 3 aliphatic rings. The Morgan fingerprint density at radius 1 is 0.897 bits per heavy atom. The van der Waals surface area contributed by atoms with Gasteiger partial charge in [-0.25, -0.2) is 0 Å². The number of carboxylic acid groups (broad SMARTS) is 1. The summed E-state index contributed by atoms with van der Waals surface area (Å²) in [5, 5.41) is 15.6. The Hall–Kier alpha value is -2.92. The van der Waals surface area contributed by atoms with Crippen LogP contribution in [-0.4, -0.2) is 35.8 Å². The Morgan fingerprint density at radius 2 is 1.56 bits per heavy atom. The fourth-order valence-electron chi connectivity index (χ4n) is 5.31. The number of hydrogen-bond donors (Lipinski definition) is 1. The molecule has 192 valence electrons. The molecule has 1 spiro atoms. The molecule has 12 heteroatoms. The predicted octanol–water partition coefficient (Wildman–Crippen LogP) is 0.236. The maximum Gasteiger partial charge on any atom is 1.00 e. The first-order valence-corrected chi connectivity index (χ1v) is 12.2. The molecule has 9 nitrogen and oxygen atoms in total. The number of hydrogen-bond acceptors (Lipinski definition) is 8. The molecular formula is C27H16Cl2NNaO8. The molecule has 2 aliphatic heterocycles. The second-order valence-corrected chi connectivity index (χ2v) is 9.85. The van der Waals surface area contributed by atoms with Crippen molar-refractivity contribution in [2.45, 2.75) is 11.7 Å². The van der Waals surface area contributed by atoms with Gasteiger partial charge in [0.15, 0.2) is 11.5 Å². The van der Waals surface area contributed by atoms with Crippen LogP contribution in [0.3, 0.4) is 0 Å². The first kappa shape index (κ1) is 27.6. The van der Waals surface area contributed by atoms with Crippen molar-refractivity contribution in [2.75, 3.05) is 12.1 Å². The van der Waals surface area contributed by atoms with Crippen molar-refractivity contribution in [1.29, 1.82) is 0 Å². The number of anilines is 1. The molecule has 3 aromatic rings. The summed E-state index contributed by atoms with van der Waals surface area (Å²) in [5.74, 6) is -6.96. The molecule has 2 heterocycles. The minimum atomic E-state index is -2.50. The maximum absolute atomic E-state index is 13.8. The van der Waals surface area contributed by atoms with Crippen molar-refractivity contribution >= 4 is 52.3 Å². The molecule has 39 heavy (non-hydrogen) atoms. The molecule has 1 saturated heterocycles. The fourth-order valence-corrected chi connectivity index (χ4v) is 5.62. The number of carbonyl (C=O) groups is 4. The number of benzene rings is 3. The second-order valence-electron chi connectivity index (χ2n) is 9.03. The van der Waals surface area contributed by atoms with Gasteiger partial charge in [-0.05, 0) is 29.8 Å². The number of fused-ring (bicyclic) bond motifs is 2. The number of ketones is 2. The number of amides is 1. The fraction of sp³-hybridized carbons (Fsp3) is 0.185. The van der Waals surface area contributed by atoms with E-state index >= 15 is 0 Å². The molecule has 1 fully saturated rings. The Kier molecular flexibility index (Phi) is 7.26. The number of Topliss-reactive ketones (excluding diaryl/α,β-unsaturated/α-hetero) is 2. The smallest absolute Gasteiger partial charge is 0.550 e. The van der Waals surface area contributed by atoms with Gasteiger partial charge in [-0.1, -0.05) is 53.5 Å². The average Bonchev–Trinajstić information content (AvgIpc) is 3.57. The van der Waals surface area contributed by atoms with Crippen LogP contribution >= 0.6 is 23.2 Å². The Morgan fingerprint density at radius 3 is 2.21 bits per heavy atom. The molecule has 0 bridgehead atoms. The van der Waals surface area contributed by atoms with E-state index in [9.17, 15) is 24.3 Å². The quantitative estimate of drug-likeness (QED) is 0.346. The Balaban J connectivity index is 0.00000308. The number of carboxylic acids is 1. The van der Waals surface area contributed by atoms with Crippen LogP contribution in [0.25, 0.3) is 0 Å². The van der Waals surface area contributed by atoms with Crippen molar-refractivity contribution in [1.82, 2.24) is 0 Å². The summed E-state index contributed by atoms with van der Waals surface area (Å²) in [5.41, 5.74) is -1.96. The molecule has 0 saturated carbocycles. The summed E-state index contributed by atoms with van der Waals surface area (Å²) in [6.07, 6.45) is -1.36. The second kappa shape index (κ2) is 10.2. The SMILES string of the molecule is O=C(Nc1ccc2c(c1)OCO2)[C@@H]1C(c2ccc(Cl)c(Cl)c2)OC2(C(=O)c3ccccc3C2=O)[C@H]1C(=O)[O-].[Na+]. The molecule has 3 aromatic carbocycles. The van der Waals surface area contributed by atoms with Gasteiger partial charge in [0, 0.05) is 28.8 Å². The van der Waals surface area contributed by atoms with Crippen molar-refractivity contribution in [3.05, 3.63) is 87.4 Å². The van der Waals surface area contributed by atoms with Crippen molar-refractivity contribution in [3.8, 4) is 11.5 Å². The van der Waals surface area contributed by atoms with Crippen LogP contribution in [0.1, 0.15) is 32.4 Å². The minimum absolute atomic E-state index is 0. The molecule has 6 rings (SSSR count). The van der Waals surface area contributed by atoms with E-state index < -0.39 is 47.0 Å². The predicted molar refractivity (Wildman–Crippen MR) is 131 cm³/mol. The zero-order valence-electron chi connectivity index (χ0n) is 20.2. The molecule has 1 N–H and O–H groups in total. The molecule has 0 aromatic heterocycles. The van der Waals surface area contributed by atoms with Gasteiger partial charge in [-0.3, -0.25) is 14.4 Å². The van der Waals surface area contributed by atoms with E-state index in [1.165, 1.54) is 36.4 Å². The molecule has 1 aliphatic carbocycles. The van der Waals surface area contributed by atoms with Crippen molar-refractivity contribution in [3.63, 3.8) is 0 Å². The minimum Gasteiger partial charge on any atom is -0.550 e. The first-order chi connectivity index (χ1) is 18.2. The number of rotatable bonds is 4. The number of ether oxygens (including phenoxy) is 3. The number of carbonyl (C=O) groups excluding carboxylic acids is 4.